The lowest BCUT2D eigenvalue weighted by molar-refractivity contribution is 0.101. The zero-order valence-electron chi connectivity index (χ0n) is 14.1. The molecule has 4 nitrogen and oxygen atoms in total. The van der Waals surface area contributed by atoms with Crippen molar-refractivity contribution in [3.8, 4) is 0 Å². The molecule has 3 aromatic rings. The lowest BCUT2D eigenvalue weighted by Gasteiger charge is -2.10. The van der Waals surface area contributed by atoms with Crippen LogP contribution in [0.4, 0.5) is 11.4 Å². The molecule has 0 saturated heterocycles. The number of anilines is 2. The normalized spacial score (nSPS) is 10.4. The van der Waals surface area contributed by atoms with Gasteiger partial charge < -0.3 is 10.6 Å². The molecular formula is C20H12BrCl2IN2O2. The van der Waals surface area contributed by atoms with Crippen molar-refractivity contribution in [3.05, 3.63) is 89.9 Å². The van der Waals surface area contributed by atoms with Crippen molar-refractivity contribution in [1.29, 1.82) is 0 Å². The van der Waals surface area contributed by atoms with Crippen molar-refractivity contribution in [3.63, 3.8) is 0 Å². The summed E-state index contributed by atoms with van der Waals surface area (Å²) >= 11 is 17.4. The fourth-order valence-electron chi connectivity index (χ4n) is 2.38. The van der Waals surface area contributed by atoms with E-state index in [-0.39, 0.29) is 16.8 Å². The van der Waals surface area contributed by atoms with E-state index in [1.54, 1.807) is 42.5 Å². The minimum Gasteiger partial charge on any atom is -0.322 e. The first kappa shape index (κ1) is 21.1. The van der Waals surface area contributed by atoms with E-state index in [2.05, 4.69) is 49.2 Å². The number of rotatable bonds is 4. The van der Waals surface area contributed by atoms with E-state index in [9.17, 15) is 9.59 Å². The summed E-state index contributed by atoms with van der Waals surface area (Å²) in [4.78, 5) is 24.8. The molecule has 2 amide bonds. The number of carbonyl (C=O) groups excluding carboxylic acids is 2. The molecule has 0 radical (unpaired) electrons. The molecule has 0 bridgehead atoms. The van der Waals surface area contributed by atoms with Crippen molar-refractivity contribution in [1.82, 2.24) is 0 Å². The van der Waals surface area contributed by atoms with E-state index < -0.39 is 0 Å². The molecule has 0 aromatic heterocycles. The largest absolute Gasteiger partial charge is 0.322 e. The second-order valence-electron chi connectivity index (χ2n) is 5.73. The summed E-state index contributed by atoms with van der Waals surface area (Å²) in [6.07, 6.45) is 0. The summed E-state index contributed by atoms with van der Waals surface area (Å²) in [7, 11) is 0. The predicted molar refractivity (Wildman–Crippen MR) is 126 cm³/mol. The Bertz CT molecular complexity index is 1060. The van der Waals surface area contributed by atoms with Crippen LogP contribution in [0.25, 0.3) is 0 Å². The van der Waals surface area contributed by atoms with Gasteiger partial charge in [-0.25, -0.2) is 0 Å². The topological polar surface area (TPSA) is 58.2 Å². The SMILES string of the molecule is O=C(Nc1ccc(NC(=O)c2cc(Br)ccc2I)cc1)c1ccc(Cl)cc1Cl. The van der Waals surface area contributed by atoms with Gasteiger partial charge in [-0.3, -0.25) is 9.59 Å². The Labute approximate surface area is 193 Å². The molecule has 2 N–H and O–H groups in total. The molecule has 0 aliphatic heterocycles. The number of amides is 2. The van der Waals surface area contributed by atoms with Gasteiger partial charge in [0, 0.05) is 24.4 Å². The van der Waals surface area contributed by atoms with Crippen molar-refractivity contribution >= 4 is 84.9 Å². The molecule has 3 rings (SSSR count). The predicted octanol–water partition coefficient (Wildman–Crippen LogP) is 6.87. The van der Waals surface area contributed by atoms with Crippen LogP contribution in [0.1, 0.15) is 20.7 Å². The average molecular weight is 590 g/mol. The van der Waals surface area contributed by atoms with E-state index in [0.29, 0.717) is 27.5 Å². The number of hydrogen-bond acceptors (Lipinski definition) is 2. The molecule has 0 atom stereocenters. The standard InChI is InChI=1S/C20H12BrCl2IN2O2/c21-11-1-8-18(24)16(9-11)20(28)26-14-5-3-13(4-6-14)25-19(27)15-7-2-12(22)10-17(15)23/h1-10H,(H,25,27)(H,26,28). The zero-order chi connectivity index (χ0) is 20.3. The Morgan fingerprint density at radius 2 is 1.36 bits per heavy atom. The van der Waals surface area contributed by atoms with Crippen LogP contribution in [0.3, 0.4) is 0 Å². The molecule has 0 fully saturated rings. The maximum atomic E-state index is 12.5. The van der Waals surface area contributed by atoms with Crippen LogP contribution in [0.15, 0.2) is 65.1 Å². The molecule has 142 valence electrons. The number of nitrogens with one attached hydrogen (secondary N) is 2. The average Bonchev–Trinajstić information content (AvgIpc) is 2.65. The highest BCUT2D eigenvalue weighted by molar-refractivity contribution is 14.1. The van der Waals surface area contributed by atoms with Crippen LogP contribution >= 0.6 is 61.7 Å². The molecule has 0 saturated carbocycles. The molecule has 0 aliphatic rings. The minimum absolute atomic E-state index is 0.213. The van der Waals surface area contributed by atoms with Crippen LogP contribution in [0.5, 0.6) is 0 Å². The third-order valence-electron chi connectivity index (χ3n) is 3.75. The Kier molecular flexibility index (Phi) is 6.98. The van der Waals surface area contributed by atoms with E-state index in [1.807, 2.05) is 12.1 Å². The molecule has 28 heavy (non-hydrogen) atoms. The monoisotopic (exact) mass is 588 g/mol. The van der Waals surface area contributed by atoms with Crippen molar-refractivity contribution < 1.29 is 9.59 Å². The molecule has 3 aromatic carbocycles. The van der Waals surface area contributed by atoms with Gasteiger partial charge in [0.05, 0.1) is 16.1 Å². The Morgan fingerprint density at radius 3 is 1.93 bits per heavy atom. The molecule has 8 heteroatoms. The van der Waals surface area contributed by atoms with Crippen LogP contribution in [0, 0.1) is 3.57 Å². The third kappa shape index (κ3) is 5.26. The van der Waals surface area contributed by atoms with E-state index >= 15 is 0 Å². The highest BCUT2D eigenvalue weighted by Crippen LogP contribution is 2.23. The van der Waals surface area contributed by atoms with Crippen molar-refractivity contribution in [2.24, 2.45) is 0 Å². The second-order valence-corrected chi connectivity index (χ2v) is 8.66. The van der Waals surface area contributed by atoms with Crippen LogP contribution < -0.4 is 10.6 Å². The lowest BCUT2D eigenvalue weighted by Crippen LogP contribution is -2.14. The van der Waals surface area contributed by atoms with Gasteiger partial charge in [0.25, 0.3) is 11.8 Å². The van der Waals surface area contributed by atoms with Gasteiger partial charge >= 0.3 is 0 Å². The first-order chi connectivity index (χ1) is 13.3. The van der Waals surface area contributed by atoms with Gasteiger partial charge in [-0.05, 0) is 83.3 Å². The first-order valence-electron chi connectivity index (χ1n) is 7.96. The maximum Gasteiger partial charge on any atom is 0.257 e. The Morgan fingerprint density at radius 1 is 0.786 bits per heavy atom. The summed E-state index contributed by atoms with van der Waals surface area (Å²) in [6.45, 7) is 0. The van der Waals surface area contributed by atoms with Gasteiger partial charge in [0.1, 0.15) is 0 Å². The highest BCUT2D eigenvalue weighted by atomic mass is 127. The van der Waals surface area contributed by atoms with E-state index in [4.69, 9.17) is 23.2 Å². The summed E-state index contributed by atoms with van der Waals surface area (Å²) in [5.41, 5.74) is 2.09. The molecule has 0 aliphatic carbocycles. The van der Waals surface area contributed by atoms with Crippen molar-refractivity contribution in [2.75, 3.05) is 10.6 Å². The van der Waals surface area contributed by atoms with Gasteiger partial charge in [0.15, 0.2) is 0 Å². The van der Waals surface area contributed by atoms with Gasteiger partial charge in [0.2, 0.25) is 0 Å². The van der Waals surface area contributed by atoms with E-state index in [1.165, 1.54) is 6.07 Å². The van der Waals surface area contributed by atoms with Crippen LogP contribution in [-0.2, 0) is 0 Å². The third-order valence-corrected chi connectivity index (χ3v) is 5.73. The molecule has 0 spiro atoms. The maximum absolute atomic E-state index is 12.5. The van der Waals surface area contributed by atoms with Gasteiger partial charge in [-0.2, -0.15) is 0 Å². The zero-order valence-corrected chi connectivity index (χ0v) is 19.4. The Hall–Kier alpha value is -1.61. The van der Waals surface area contributed by atoms with Crippen molar-refractivity contribution in [2.45, 2.75) is 0 Å². The fourth-order valence-corrected chi connectivity index (χ4v) is 3.81. The lowest BCUT2D eigenvalue weighted by atomic mass is 10.2. The smallest absolute Gasteiger partial charge is 0.257 e. The number of hydrogen-bond donors (Lipinski definition) is 2. The number of carbonyl (C=O) groups is 2. The van der Waals surface area contributed by atoms with Gasteiger partial charge in [-0.15, -0.1) is 0 Å². The number of benzene rings is 3. The molecule has 0 unspecified atom stereocenters. The summed E-state index contributed by atoms with van der Waals surface area (Å²) in [6, 6.07) is 17.0. The number of halogens is 4. The van der Waals surface area contributed by atoms with Crippen LogP contribution in [-0.4, -0.2) is 11.8 Å². The summed E-state index contributed by atoms with van der Waals surface area (Å²) in [5.74, 6) is -0.558. The first-order valence-corrected chi connectivity index (χ1v) is 10.6. The summed E-state index contributed by atoms with van der Waals surface area (Å²) < 4.78 is 1.68. The van der Waals surface area contributed by atoms with E-state index in [0.717, 1.165) is 8.04 Å². The Balaban J connectivity index is 1.68. The summed E-state index contributed by atoms with van der Waals surface area (Å²) in [5, 5.41) is 6.34. The quantitative estimate of drug-likeness (QED) is 0.327. The van der Waals surface area contributed by atoms with Gasteiger partial charge in [-0.1, -0.05) is 39.1 Å². The van der Waals surface area contributed by atoms with Crippen LogP contribution in [0.2, 0.25) is 10.0 Å². The minimum atomic E-state index is -0.345. The second kappa shape index (κ2) is 9.26. The molecule has 0 heterocycles. The molecular weight excluding hydrogens is 578 g/mol. The fraction of sp³-hybridized carbons (Fsp3) is 0. The highest BCUT2D eigenvalue weighted by Gasteiger charge is 2.13.